The van der Waals surface area contributed by atoms with Crippen LogP contribution in [0.4, 0.5) is 10.5 Å². The van der Waals surface area contributed by atoms with Gasteiger partial charge >= 0.3 is 6.09 Å². The van der Waals surface area contributed by atoms with Crippen molar-refractivity contribution in [3.8, 4) is 0 Å². The Kier molecular flexibility index (Phi) is 5.17. The zero-order valence-electron chi connectivity index (χ0n) is 14.1. The molecular formula is C17H24N4O3. The van der Waals surface area contributed by atoms with Gasteiger partial charge in [0, 0.05) is 38.9 Å². The number of pyridine rings is 1. The highest BCUT2D eigenvalue weighted by atomic mass is 16.5. The molecule has 0 N–H and O–H groups in total. The second kappa shape index (κ2) is 7.51. The topological polar surface area (TPSA) is 66.0 Å². The van der Waals surface area contributed by atoms with E-state index in [1.165, 1.54) is 7.11 Å². The molecule has 7 nitrogen and oxygen atoms in total. The lowest BCUT2D eigenvalue weighted by Crippen LogP contribution is -2.57. The van der Waals surface area contributed by atoms with Crippen molar-refractivity contribution in [3.63, 3.8) is 0 Å². The second-order valence-corrected chi connectivity index (χ2v) is 6.20. The van der Waals surface area contributed by atoms with Crippen molar-refractivity contribution in [2.75, 3.05) is 44.7 Å². The number of nitrogens with zero attached hydrogens (tertiary/aromatic N) is 4. The maximum atomic E-state index is 12.9. The lowest BCUT2D eigenvalue weighted by atomic mass is 10.0. The largest absolute Gasteiger partial charge is 0.453 e. The summed E-state index contributed by atoms with van der Waals surface area (Å²) < 4.78 is 4.83. The first-order chi connectivity index (χ1) is 11.7. The number of carbonyl (C=O) groups excluding carboxylic acids is 2. The molecule has 2 aliphatic rings. The quantitative estimate of drug-likeness (QED) is 0.818. The summed E-state index contributed by atoms with van der Waals surface area (Å²) in [6, 6.07) is 3.57. The van der Waals surface area contributed by atoms with Gasteiger partial charge in [-0.25, -0.2) is 4.79 Å². The average Bonchev–Trinajstić information content (AvgIpc) is 2.67. The van der Waals surface area contributed by atoms with Crippen LogP contribution >= 0.6 is 0 Å². The van der Waals surface area contributed by atoms with E-state index in [9.17, 15) is 9.59 Å². The van der Waals surface area contributed by atoms with E-state index in [4.69, 9.17) is 4.74 Å². The molecule has 2 saturated heterocycles. The fraction of sp³-hybridized carbons (Fsp3) is 0.588. The first kappa shape index (κ1) is 16.5. The minimum absolute atomic E-state index is 0.0472. The van der Waals surface area contributed by atoms with Crippen LogP contribution in [0.5, 0.6) is 0 Å². The molecule has 0 radical (unpaired) electrons. The Balaban J connectivity index is 1.61. The number of amides is 2. The van der Waals surface area contributed by atoms with Crippen molar-refractivity contribution in [3.05, 3.63) is 24.5 Å². The number of piperidine rings is 1. The summed E-state index contributed by atoms with van der Waals surface area (Å²) in [4.78, 5) is 34.6. The zero-order chi connectivity index (χ0) is 16.9. The Hall–Kier alpha value is -2.31. The van der Waals surface area contributed by atoms with Crippen LogP contribution in [0.3, 0.4) is 0 Å². The third kappa shape index (κ3) is 3.44. The number of anilines is 1. The summed E-state index contributed by atoms with van der Waals surface area (Å²) in [5.41, 5.74) is 1.08. The second-order valence-electron chi connectivity index (χ2n) is 6.20. The Bertz CT molecular complexity index is 572. The maximum absolute atomic E-state index is 12.9. The first-order valence-electron chi connectivity index (χ1n) is 8.49. The molecule has 1 atom stereocenters. The Morgan fingerprint density at radius 1 is 1.17 bits per heavy atom. The van der Waals surface area contributed by atoms with Gasteiger partial charge in [-0.3, -0.25) is 14.7 Å². The third-order valence-electron chi connectivity index (χ3n) is 4.80. The molecule has 1 aromatic heterocycles. The zero-order valence-corrected chi connectivity index (χ0v) is 14.1. The van der Waals surface area contributed by atoms with E-state index >= 15 is 0 Å². The molecule has 3 heterocycles. The molecule has 0 bridgehead atoms. The summed E-state index contributed by atoms with van der Waals surface area (Å²) in [7, 11) is 1.37. The van der Waals surface area contributed by atoms with Gasteiger partial charge in [0.1, 0.15) is 6.04 Å². The number of piperazine rings is 1. The Labute approximate surface area is 142 Å². The van der Waals surface area contributed by atoms with Gasteiger partial charge in [-0.1, -0.05) is 0 Å². The Morgan fingerprint density at radius 2 is 1.96 bits per heavy atom. The van der Waals surface area contributed by atoms with Gasteiger partial charge in [0.15, 0.2) is 0 Å². The van der Waals surface area contributed by atoms with E-state index in [-0.39, 0.29) is 11.9 Å². The van der Waals surface area contributed by atoms with Crippen molar-refractivity contribution < 1.29 is 14.3 Å². The van der Waals surface area contributed by atoms with Gasteiger partial charge in [0.05, 0.1) is 19.0 Å². The molecule has 2 fully saturated rings. The van der Waals surface area contributed by atoms with Crippen LogP contribution in [0.2, 0.25) is 0 Å². The van der Waals surface area contributed by atoms with Crippen molar-refractivity contribution in [1.82, 2.24) is 14.8 Å². The highest BCUT2D eigenvalue weighted by Gasteiger charge is 2.36. The number of rotatable bonds is 2. The van der Waals surface area contributed by atoms with Crippen molar-refractivity contribution in [2.24, 2.45) is 0 Å². The molecule has 130 valence electrons. The maximum Gasteiger partial charge on any atom is 0.410 e. The molecule has 0 aromatic carbocycles. The van der Waals surface area contributed by atoms with Crippen LogP contribution in [0.15, 0.2) is 24.5 Å². The van der Waals surface area contributed by atoms with Crippen molar-refractivity contribution in [2.45, 2.75) is 25.3 Å². The summed E-state index contributed by atoms with van der Waals surface area (Å²) in [6.45, 7) is 3.49. The molecule has 1 unspecified atom stereocenters. The van der Waals surface area contributed by atoms with Crippen LogP contribution in [0.25, 0.3) is 0 Å². The van der Waals surface area contributed by atoms with Crippen LogP contribution in [-0.4, -0.2) is 72.7 Å². The monoisotopic (exact) mass is 332 g/mol. The van der Waals surface area contributed by atoms with Gasteiger partial charge in [0.25, 0.3) is 0 Å². The minimum Gasteiger partial charge on any atom is -0.453 e. The number of hydrogen-bond acceptors (Lipinski definition) is 5. The number of carbonyl (C=O) groups is 2. The number of ether oxygens (including phenoxy) is 1. The highest BCUT2D eigenvalue weighted by Crippen LogP contribution is 2.21. The molecule has 0 spiro atoms. The number of hydrogen-bond donors (Lipinski definition) is 0. The SMILES string of the molecule is COC(=O)N1CCCCC1C(=O)N1CCN(c2cccnc2)CC1. The molecular weight excluding hydrogens is 308 g/mol. The van der Waals surface area contributed by atoms with Gasteiger partial charge in [-0.05, 0) is 31.4 Å². The molecule has 0 saturated carbocycles. The number of likely N-dealkylation sites (tertiary alicyclic amines) is 1. The van der Waals surface area contributed by atoms with Crippen molar-refractivity contribution in [1.29, 1.82) is 0 Å². The normalized spacial score (nSPS) is 21.5. The van der Waals surface area contributed by atoms with Gasteiger partial charge < -0.3 is 14.5 Å². The number of methoxy groups -OCH3 is 1. The fourth-order valence-electron chi connectivity index (χ4n) is 3.46. The molecule has 2 aliphatic heterocycles. The minimum atomic E-state index is -0.401. The van der Waals surface area contributed by atoms with Crippen LogP contribution in [0.1, 0.15) is 19.3 Å². The molecule has 3 rings (SSSR count). The first-order valence-corrected chi connectivity index (χ1v) is 8.49. The molecule has 7 heteroatoms. The average molecular weight is 332 g/mol. The third-order valence-corrected chi connectivity index (χ3v) is 4.80. The fourth-order valence-corrected chi connectivity index (χ4v) is 3.46. The Morgan fingerprint density at radius 3 is 2.62 bits per heavy atom. The van der Waals surface area contributed by atoms with E-state index in [1.54, 1.807) is 11.1 Å². The summed E-state index contributed by atoms with van der Waals surface area (Å²) >= 11 is 0. The van der Waals surface area contributed by atoms with Gasteiger partial charge in [-0.15, -0.1) is 0 Å². The van der Waals surface area contributed by atoms with Crippen LogP contribution in [-0.2, 0) is 9.53 Å². The predicted octanol–water partition coefficient (Wildman–Crippen LogP) is 1.35. The smallest absolute Gasteiger partial charge is 0.410 e. The van der Waals surface area contributed by atoms with E-state index in [0.29, 0.717) is 19.6 Å². The highest BCUT2D eigenvalue weighted by molar-refractivity contribution is 5.86. The summed E-state index contributed by atoms with van der Waals surface area (Å²) in [5.74, 6) is 0.0472. The molecule has 24 heavy (non-hydrogen) atoms. The lowest BCUT2D eigenvalue weighted by molar-refractivity contribution is -0.137. The van der Waals surface area contributed by atoms with Gasteiger partial charge in [-0.2, -0.15) is 0 Å². The number of aromatic nitrogens is 1. The summed E-state index contributed by atoms with van der Waals surface area (Å²) in [5, 5.41) is 0. The van der Waals surface area contributed by atoms with E-state index in [1.807, 2.05) is 23.2 Å². The summed E-state index contributed by atoms with van der Waals surface area (Å²) in [6.07, 6.45) is 5.82. The van der Waals surface area contributed by atoms with E-state index in [0.717, 1.165) is 38.0 Å². The lowest BCUT2D eigenvalue weighted by Gasteiger charge is -2.40. The molecule has 0 aliphatic carbocycles. The van der Waals surface area contributed by atoms with Crippen molar-refractivity contribution >= 4 is 17.7 Å². The van der Waals surface area contributed by atoms with Crippen LogP contribution < -0.4 is 4.90 Å². The van der Waals surface area contributed by atoms with E-state index in [2.05, 4.69) is 9.88 Å². The van der Waals surface area contributed by atoms with Gasteiger partial charge in [0.2, 0.25) is 5.91 Å². The predicted molar refractivity (Wildman–Crippen MR) is 89.8 cm³/mol. The molecule has 2 amide bonds. The molecule has 1 aromatic rings. The standard InChI is InChI=1S/C17H24N4O3/c1-24-17(23)21-8-3-2-6-15(21)16(22)20-11-9-19(10-12-20)14-5-4-7-18-13-14/h4-5,7,13,15H,2-3,6,8-12H2,1H3. The van der Waals surface area contributed by atoms with E-state index < -0.39 is 6.09 Å². The van der Waals surface area contributed by atoms with Crippen LogP contribution in [0, 0.1) is 0 Å².